The minimum absolute atomic E-state index is 0.0843. The summed E-state index contributed by atoms with van der Waals surface area (Å²) in [5, 5.41) is 10.2. The lowest BCUT2D eigenvalue weighted by molar-refractivity contribution is 0.0925. The van der Waals surface area contributed by atoms with Crippen molar-refractivity contribution in [3.63, 3.8) is 0 Å². The van der Waals surface area contributed by atoms with Crippen molar-refractivity contribution >= 4 is 23.3 Å². The average molecular weight is 520 g/mol. The molecule has 0 radical (unpaired) electrons. The Bertz CT molecular complexity index is 1470. The van der Waals surface area contributed by atoms with Crippen molar-refractivity contribution in [3.8, 4) is 22.9 Å². The van der Waals surface area contributed by atoms with Crippen LogP contribution < -0.4 is 25.8 Å². The molecular formula is C26H26FN7O4. The number of anilines is 1. The summed E-state index contributed by atoms with van der Waals surface area (Å²) in [7, 11) is 1.53. The molecule has 38 heavy (non-hydrogen) atoms. The fourth-order valence-corrected chi connectivity index (χ4v) is 4.58. The summed E-state index contributed by atoms with van der Waals surface area (Å²) < 4.78 is 25.0. The molecule has 0 aliphatic heterocycles. The number of methoxy groups -OCH3 is 1. The van der Waals surface area contributed by atoms with Gasteiger partial charge in [0.25, 0.3) is 5.91 Å². The maximum Gasteiger partial charge on any atom is 0.412 e. The fraction of sp³-hybridized carbons (Fsp3) is 0.269. The summed E-state index contributed by atoms with van der Waals surface area (Å²) in [6.07, 6.45) is 5.00. The number of hydrogen-bond donors (Lipinski definition) is 3. The second-order valence-corrected chi connectivity index (χ2v) is 8.95. The molecule has 5 rings (SSSR count). The van der Waals surface area contributed by atoms with Gasteiger partial charge >= 0.3 is 6.09 Å². The normalized spacial score (nSPS) is 17.1. The SMILES string of the molecule is COc1cc(-c2cc(C(=O)NC3CCC(NC(=O)Oc4ccc(F)cc4)CC3)c3c(N)ncnn23)ccn1. The van der Waals surface area contributed by atoms with E-state index in [-0.39, 0.29) is 29.6 Å². The number of nitrogens with two attached hydrogens (primary N) is 1. The molecule has 0 unspecified atom stereocenters. The van der Waals surface area contributed by atoms with Gasteiger partial charge in [-0.15, -0.1) is 0 Å². The zero-order valence-electron chi connectivity index (χ0n) is 20.6. The third-order valence-corrected chi connectivity index (χ3v) is 6.48. The molecule has 1 aliphatic carbocycles. The molecule has 4 aromatic rings. The summed E-state index contributed by atoms with van der Waals surface area (Å²) in [5.41, 5.74) is 8.31. The van der Waals surface area contributed by atoms with Crippen LogP contribution >= 0.6 is 0 Å². The van der Waals surface area contributed by atoms with Crippen LogP contribution in [0, 0.1) is 5.82 Å². The molecule has 196 valence electrons. The van der Waals surface area contributed by atoms with E-state index in [1.54, 1.807) is 28.9 Å². The first-order valence-corrected chi connectivity index (χ1v) is 12.1. The quantitative estimate of drug-likeness (QED) is 0.352. The zero-order chi connectivity index (χ0) is 26.6. The van der Waals surface area contributed by atoms with Crippen LogP contribution in [0.4, 0.5) is 15.0 Å². The van der Waals surface area contributed by atoms with E-state index in [0.717, 1.165) is 5.56 Å². The molecule has 0 saturated heterocycles. The molecular weight excluding hydrogens is 493 g/mol. The van der Waals surface area contributed by atoms with Crippen LogP contribution in [0.15, 0.2) is 55.0 Å². The number of ether oxygens (including phenoxy) is 2. The highest BCUT2D eigenvalue weighted by molar-refractivity contribution is 6.05. The number of halogens is 1. The van der Waals surface area contributed by atoms with E-state index in [4.69, 9.17) is 15.2 Å². The molecule has 1 aliphatic rings. The lowest BCUT2D eigenvalue weighted by Gasteiger charge is -2.29. The second kappa shape index (κ2) is 10.7. The number of amides is 2. The fourth-order valence-electron chi connectivity index (χ4n) is 4.58. The Balaban J connectivity index is 1.24. The second-order valence-electron chi connectivity index (χ2n) is 8.95. The van der Waals surface area contributed by atoms with Crippen molar-refractivity contribution in [2.75, 3.05) is 12.8 Å². The van der Waals surface area contributed by atoms with Crippen molar-refractivity contribution in [1.29, 1.82) is 0 Å². The van der Waals surface area contributed by atoms with Gasteiger partial charge in [-0.2, -0.15) is 5.10 Å². The number of aromatic nitrogens is 4. The van der Waals surface area contributed by atoms with Gasteiger partial charge in [0.1, 0.15) is 23.4 Å². The number of rotatable bonds is 6. The van der Waals surface area contributed by atoms with Crippen LogP contribution in [-0.4, -0.2) is 50.8 Å². The molecule has 1 fully saturated rings. The number of carbonyl (C=O) groups excluding carboxylic acids is 2. The highest BCUT2D eigenvalue weighted by atomic mass is 19.1. The molecule has 2 amide bonds. The molecule has 0 atom stereocenters. The molecule has 1 aromatic carbocycles. The highest BCUT2D eigenvalue weighted by Gasteiger charge is 2.27. The maximum absolute atomic E-state index is 13.3. The minimum atomic E-state index is -0.597. The van der Waals surface area contributed by atoms with Gasteiger partial charge in [-0.1, -0.05) is 0 Å². The first-order valence-electron chi connectivity index (χ1n) is 12.1. The standard InChI is InChI=1S/C26H26FN7O4/c1-37-22-12-15(10-11-29-22)21-13-20(23-24(28)30-14-31-34(21)23)25(35)32-17-4-6-18(7-5-17)33-26(36)38-19-8-2-16(27)3-9-19/h2-3,8-14,17-18H,4-7H2,1H3,(H,32,35)(H,33,36)(H2,28,30,31). The van der Waals surface area contributed by atoms with E-state index in [1.165, 1.54) is 37.7 Å². The Morgan fingerprint density at radius 3 is 2.45 bits per heavy atom. The number of hydrogen-bond acceptors (Lipinski definition) is 8. The van der Waals surface area contributed by atoms with E-state index < -0.39 is 11.9 Å². The van der Waals surface area contributed by atoms with Crippen molar-refractivity contribution in [3.05, 3.63) is 66.4 Å². The maximum atomic E-state index is 13.3. The van der Waals surface area contributed by atoms with Crippen LogP contribution in [0.2, 0.25) is 0 Å². The lowest BCUT2D eigenvalue weighted by atomic mass is 9.91. The zero-order valence-corrected chi connectivity index (χ0v) is 20.6. The van der Waals surface area contributed by atoms with E-state index in [9.17, 15) is 14.0 Å². The number of nitrogens with zero attached hydrogens (tertiary/aromatic N) is 4. The summed E-state index contributed by atoms with van der Waals surface area (Å²) >= 11 is 0. The molecule has 3 heterocycles. The lowest BCUT2D eigenvalue weighted by Crippen LogP contribution is -2.44. The highest BCUT2D eigenvalue weighted by Crippen LogP contribution is 2.29. The first-order chi connectivity index (χ1) is 18.4. The molecule has 0 bridgehead atoms. The van der Waals surface area contributed by atoms with Crippen molar-refractivity contribution in [2.45, 2.75) is 37.8 Å². The number of nitrogens with one attached hydrogen (secondary N) is 2. The third kappa shape index (κ3) is 5.33. The Hall–Kier alpha value is -4.74. The molecule has 3 aromatic heterocycles. The number of carbonyl (C=O) groups is 2. The third-order valence-electron chi connectivity index (χ3n) is 6.48. The van der Waals surface area contributed by atoms with E-state index in [1.807, 2.05) is 0 Å². The van der Waals surface area contributed by atoms with Crippen LogP contribution in [0.1, 0.15) is 36.0 Å². The van der Waals surface area contributed by atoms with Gasteiger partial charge in [-0.25, -0.2) is 23.7 Å². The summed E-state index contributed by atoms with van der Waals surface area (Å²) in [6, 6.07) is 10.3. The first kappa shape index (κ1) is 24.9. The molecule has 12 heteroatoms. The molecule has 1 saturated carbocycles. The average Bonchev–Trinajstić information content (AvgIpc) is 3.32. The Morgan fingerprint density at radius 2 is 1.74 bits per heavy atom. The van der Waals surface area contributed by atoms with Crippen molar-refractivity contribution in [2.24, 2.45) is 0 Å². The minimum Gasteiger partial charge on any atom is -0.481 e. The monoisotopic (exact) mass is 519 g/mol. The summed E-state index contributed by atoms with van der Waals surface area (Å²) in [4.78, 5) is 33.7. The van der Waals surface area contributed by atoms with Gasteiger partial charge in [0.15, 0.2) is 5.82 Å². The van der Waals surface area contributed by atoms with Crippen LogP contribution in [-0.2, 0) is 0 Å². The largest absolute Gasteiger partial charge is 0.481 e. The predicted molar refractivity (Wildman–Crippen MR) is 136 cm³/mol. The van der Waals surface area contributed by atoms with Crippen LogP contribution in [0.3, 0.4) is 0 Å². The van der Waals surface area contributed by atoms with E-state index in [0.29, 0.717) is 48.3 Å². The van der Waals surface area contributed by atoms with E-state index in [2.05, 4.69) is 25.7 Å². The summed E-state index contributed by atoms with van der Waals surface area (Å²) in [6.45, 7) is 0. The number of nitrogen functional groups attached to an aromatic ring is 1. The van der Waals surface area contributed by atoms with Gasteiger partial charge in [0, 0.05) is 29.9 Å². The van der Waals surface area contributed by atoms with Gasteiger partial charge < -0.3 is 25.8 Å². The molecule has 0 spiro atoms. The van der Waals surface area contributed by atoms with Gasteiger partial charge in [0.05, 0.1) is 18.4 Å². The smallest absolute Gasteiger partial charge is 0.412 e. The Morgan fingerprint density at radius 1 is 1.03 bits per heavy atom. The molecule has 4 N–H and O–H groups in total. The van der Waals surface area contributed by atoms with Crippen LogP contribution in [0.5, 0.6) is 11.6 Å². The number of pyridine rings is 1. The van der Waals surface area contributed by atoms with Crippen LogP contribution in [0.25, 0.3) is 16.8 Å². The predicted octanol–water partition coefficient (Wildman–Crippen LogP) is 3.35. The van der Waals surface area contributed by atoms with Crippen molar-refractivity contribution < 1.29 is 23.5 Å². The van der Waals surface area contributed by atoms with Gasteiger partial charge in [0.2, 0.25) is 5.88 Å². The number of benzene rings is 1. The number of fused-ring (bicyclic) bond motifs is 1. The van der Waals surface area contributed by atoms with Gasteiger partial charge in [-0.3, -0.25) is 4.79 Å². The van der Waals surface area contributed by atoms with E-state index >= 15 is 0 Å². The van der Waals surface area contributed by atoms with Gasteiger partial charge in [-0.05, 0) is 62.1 Å². The van der Waals surface area contributed by atoms with Crippen molar-refractivity contribution in [1.82, 2.24) is 30.2 Å². The molecule has 11 nitrogen and oxygen atoms in total. The summed E-state index contributed by atoms with van der Waals surface area (Å²) in [5.74, 6) is 0.179. The Labute approximate surface area is 217 Å². The Kier molecular flexibility index (Phi) is 7.03. The topological polar surface area (TPSA) is 146 Å².